The molecule has 0 radical (unpaired) electrons. The van der Waals surface area contributed by atoms with Crippen LogP contribution < -0.4 is 10.6 Å². The summed E-state index contributed by atoms with van der Waals surface area (Å²) in [6.45, 7) is 8.80. The van der Waals surface area contributed by atoms with Crippen molar-refractivity contribution < 1.29 is 14.3 Å². The molecule has 0 aliphatic heterocycles. The molecule has 0 atom stereocenters. The molecule has 1 amide bonds. The fourth-order valence-corrected chi connectivity index (χ4v) is 7.08. The number of benzene rings is 1. The zero-order valence-electron chi connectivity index (χ0n) is 21.8. The Bertz CT molecular complexity index is 872. The monoisotopic (exact) mass is 502 g/mol. The molecule has 4 saturated carbocycles. The Hall–Kier alpha value is -1.59. The molecule has 5 rings (SSSR count). The molecule has 194 valence electrons. The SMILES string of the molecule is CC(C)(C)COC(=O)CCNCCCc1ccc(Cl)c(C(=O)NCC23CC4CC(CC(C4)C2)C3)c1. The van der Waals surface area contributed by atoms with Crippen molar-refractivity contribution in [3.63, 3.8) is 0 Å². The Morgan fingerprint density at radius 2 is 1.71 bits per heavy atom. The molecule has 0 spiro atoms. The molecule has 1 aromatic rings. The minimum atomic E-state index is -0.158. The molecule has 0 unspecified atom stereocenters. The molecule has 35 heavy (non-hydrogen) atoms. The number of carbonyl (C=O) groups excluding carboxylic acids is 2. The van der Waals surface area contributed by atoms with Gasteiger partial charge in [0.05, 0.1) is 23.6 Å². The van der Waals surface area contributed by atoms with E-state index >= 15 is 0 Å². The molecule has 0 heterocycles. The van der Waals surface area contributed by atoms with Crippen molar-refractivity contribution in [1.29, 1.82) is 0 Å². The molecule has 0 aromatic heterocycles. The molecule has 1 aromatic carbocycles. The van der Waals surface area contributed by atoms with Crippen molar-refractivity contribution >= 4 is 23.5 Å². The second-order valence-electron chi connectivity index (χ2n) is 12.7. The average molecular weight is 503 g/mol. The topological polar surface area (TPSA) is 67.4 Å². The maximum Gasteiger partial charge on any atom is 0.307 e. The third kappa shape index (κ3) is 7.45. The summed E-state index contributed by atoms with van der Waals surface area (Å²) < 4.78 is 5.29. The molecular weight excluding hydrogens is 460 g/mol. The van der Waals surface area contributed by atoms with Crippen LogP contribution in [0.2, 0.25) is 5.02 Å². The number of hydrogen-bond donors (Lipinski definition) is 2. The maximum atomic E-state index is 13.1. The van der Waals surface area contributed by atoms with Crippen LogP contribution in [0.4, 0.5) is 0 Å². The molecule has 4 aliphatic carbocycles. The smallest absolute Gasteiger partial charge is 0.307 e. The lowest BCUT2D eigenvalue weighted by Gasteiger charge is -2.56. The Kier molecular flexibility index (Phi) is 8.48. The van der Waals surface area contributed by atoms with E-state index in [1.54, 1.807) is 0 Å². The van der Waals surface area contributed by atoms with Crippen molar-refractivity contribution in [3.8, 4) is 0 Å². The Labute approximate surface area is 216 Å². The van der Waals surface area contributed by atoms with Gasteiger partial charge in [-0.1, -0.05) is 38.4 Å². The van der Waals surface area contributed by atoms with Gasteiger partial charge in [0.1, 0.15) is 0 Å². The highest BCUT2D eigenvalue weighted by Gasteiger charge is 2.50. The molecule has 4 fully saturated rings. The number of esters is 1. The number of aryl methyl sites for hydroxylation is 1. The molecule has 0 saturated heterocycles. The first-order valence-corrected chi connectivity index (χ1v) is 13.9. The van der Waals surface area contributed by atoms with Crippen LogP contribution in [-0.4, -0.2) is 38.1 Å². The second-order valence-corrected chi connectivity index (χ2v) is 13.1. The van der Waals surface area contributed by atoms with Crippen LogP contribution in [0.25, 0.3) is 0 Å². The van der Waals surface area contributed by atoms with Gasteiger partial charge in [-0.25, -0.2) is 0 Å². The molecule has 4 aliphatic rings. The zero-order chi connectivity index (χ0) is 25.1. The van der Waals surface area contributed by atoms with Crippen molar-refractivity contribution in [1.82, 2.24) is 10.6 Å². The fraction of sp³-hybridized carbons (Fsp3) is 0.724. The summed E-state index contributed by atoms with van der Waals surface area (Å²) in [7, 11) is 0. The van der Waals surface area contributed by atoms with E-state index in [2.05, 4.69) is 10.6 Å². The number of hydrogen-bond acceptors (Lipinski definition) is 4. The largest absolute Gasteiger partial charge is 0.465 e. The number of nitrogens with one attached hydrogen (secondary N) is 2. The Balaban J connectivity index is 1.18. The van der Waals surface area contributed by atoms with Crippen LogP contribution >= 0.6 is 11.6 Å². The van der Waals surface area contributed by atoms with E-state index in [0.717, 1.165) is 49.2 Å². The summed E-state index contributed by atoms with van der Waals surface area (Å²) in [6.07, 6.45) is 10.3. The van der Waals surface area contributed by atoms with Gasteiger partial charge in [0.15, 0.2) is 0 Å². The zero-order valence-corrected chi connectivity index (χ0v) is 22.5. The first kappa shape index (κ1) is 26.5. The van der Waals surface area contributed by atoms with Gasteiger partial charge in [0.2, 0.25) is 0 Å². The standard InChI is InChI=1S/C29H43ClN2O3/c1-28(2,3)19-35-26(33)8-10-31-9-4-5-20-6-7-25(30)24(14-20)27(34)32-18-29-15-21-11-22(16-29)13-23(12-21)17-29/h6-7,14,21-23,31H,4-5,8-13,15-19H2,1-3H3,(H,32,34). The van der Waals surface area contributed by atoms with E-state index in [0.29, 0.717) is 35.6 Å². The van der Waals surface area contributed by atoms with Crippen LogP contribution in [0.3, 0.4) is 0 Å². The summed E-state index contributed by atoms with van der Waals surface area (Å²) in [6, 6.07) is 5.79. The molecule has 6 heteroatoms. The quantitative estimate of drug-likeness (QED) is 0.297. The molecule has 4 bridgehead atoms. The molecule has 2 N–H and O–H groups in total. The van der Waals surface area contributed by atoms with Crippen molar-refractivity contribution in [2.75, 3.05) is 26.2 Å². The number of carbonyl (C=O) groups is 2. The van der Waals surface area contributed by atoms with Crippen LogP contribution in [0.5, 0.6) is 0 Å². The average Bonchev–Trinajstić information content (AvgIpc) is 2.78. The lowest BCUT2D eigenvalue weighted by atomic mass is 9.49. The Morgan fingerprint density at radius 3 is 2.34 bits per heavy atom. The normalized spacial score (nSPS) is 27.1. The maximum absolute atomic E-state index is 13.1. The van der Waals surface area contributed by atoms with Crippen molar-refractivity contribution in [2.45, 2.75) is 78.6 Å². The van der Waals surface area contributed by atoms with E-state index in [1.165, 1.54) is 38.5 Å². The van der Waals surface area contributed by atoms with Crippen molar-refractivity contribution in [3.05, 3.63) is 34.3 Å². The lowest BCUT2D eigenvalue weighted by molar-refractivity contribution is -0.146. The third-order valence-electron chi connectivity index (χ3n) is 8.06. The fourth-order valence-electron chi connectivity index (χ4n) is 6.87. The summed E-state index contributed by atoms with van der Waals surface area (Å²) in [5, 5.41) is 7.09. The Morgan fingerprint density at radius 1 is 1.06 bits per heavy atom. The van der Waals surface area contributed by atoms with Crippen LogP contribution in [0.1, 0.15) is 88.1 Å². The van der Waals surface area contributed by atoms with Crippen LogP contribution in [-0.2, 0) is 16.0 Å². The highest BCUT2D eigenvalue weighted by Crippen LogP contribution is 2.59. The van der Waals surface area contributed by atoms with Gasteiger partial charge in [-0.2, -0.15) is 0 Å². The first-order chi connectivity index (χ1) is 16.6. The van der Waals surface area contributed by atoms with Gasteiger partial charge < -0.3 is 15.4 Å². The molecule has 5 nitrogen and oxygen atoms in total. The highest BCUT2D eigenvalue weighted by atomic mass is 35.5. The number of amides is 1. The predicted octanol–water partition coefficient (Wildman–Crippen LogP) is 5.79. The number of ether oxygens (including phenoxy) is 1. The van der Waals surface area contributed by atoms with E-state index < -0.39 is 0 Å². The van der Waals surface area contributed by atoms with E-state index in [-0.39, 0.29) is 17.3 Å². The van der Waals surface area contributed by atoms with Crippen molar-refractivity contribution in [2.24, 2.45) is 28.6 Å². The summed E-state index contributed by atoms with van der Waals surface area (Å²) in [5.74, 6) is 2.45. The number of halogens is 1. The van der Waals surface area contributed by atoms with Crippen LogP contribution in [0.15, 0.2) is 18.2 Å². The minimum absolute atomic E-state index is 0.00769. The lowest BCUT2D eigenvalue weighted by Crippen LogP contribution is -2.51. The van der Waals surface area contributed by atoms with Gasteiger partial charge >= 0.3 is 5.97 Å². The highest BCUT2D eigenvalue weighted by molar-refractivity contribution is 6.33. The van der Waals surface area contributed by atoms with Gasteiger partial charge in [-0.15, -0.1) is 0 Å². The summed E-state index contributed by atoms with van der Waals surface area (Å²) in [5.41, 5.74) is 2.01. The first-order valence-electron chi connectivity index (χ1n) is 13.5. The van der Waals surface area contributed by atoms with Gasteiger partial charge in [0.25, 0.3) is 5.91 Å². The minimum Gasteiger partial charge on any atom is -0.465 e. The van der Waals surface area contributed by atoms with E-state index in [4.69, 9.17) is 16.3 Å². The van der Waals surface area contributed by atoms with Crippen LogP contribution in [0, 0.1) is 28.6 Å². The number of rotatable bonds is 11. The van der Waals surface area contributed by atoms with E-state index in [9.17, 15) is 9.59 Å². The van der Waals surface area contributed by atoms with Gasteiger partial charge in [0, 0.05) is 13.1 Å². The third-order valence-corrected chi connectivity index (χ3v) is 8.39. The summed E-state index contributed by atoms with van der Waals surface area (Å²) in [4.78, 5) is 24.8. The van der Waals surface area contributed by atoms with Gasteiger partial charge in [-0.05, 0) is 104 Å². The van der Waals surface area contributed by atoms with E-state index in [1.807, 2.05) is 39.0 Å². The predicted molar refractivity (Wildman–Crippen MR) is 141 cm³/mol. The molecular formula is C29H43ClN2O3. The van der Waals surface area contributed by atoms with Gasteiger partial charge in [-0.3, -0.25) is 9.59 Å². The second kappa shape index (κ2) is 11.2. The summed E-state index contributed by atoms with van der Waals surface area (Å²) >= 11 is 6.41.